The van der Waals surface area contributed by atoms with E-state index in [0.29, 0.717) is 0 Å². The SMILES string of the molecule is CC1(C)O[C@H]2O[C@@H](C#N)[C@@H](O[C@H]3O[C@@H]4COC(c5ccccc5)O[C@H]4[C@H](OCc4ccccc4)[C@H]3N=[N+]=[N-])[C@H](OCc3ccccc3)[C@H]2O1. The molecule has 11 atom stereocenters. The number of hydrogen-bond acceptors (Lipinski definition) is 11. The van der Waals surface area contributed by atoms with Crippen LogP contribution in [0.3, 0.4) is 0 Å². The van der Waals surface area contributed by atoms with E-state index in [0.717, 1.165) is 16.7 Å². The van der Waals surface area contributed by atoms with Crippen LogP contribution in [0.4, 0.5) is 0 Å². The first-order chi connectivity index (χ1) is 23.9. The molecule has 4 aliphatic heterocycles. The van der Waals surface area contributed by atoms with Crippen LogP contribution in [0.15, 0.2) is 96.1 Å². The molecular formula is C36H38N4O9. The van der Waals surface area contributed by atoms with Gasteiger partial charge in [-0.2, -0.15) is 5.26 Å². The van der Waals surface area contributed by atoms with Crippen molar-refractivity contribution in [1.29, 1.82) is 5.26 Å². The molecule has 0 N–H and O–H groups in total. The monoisotopic (exact) mass is 670 g/mol. The zero-order chi connectivity index (χ0) is 33.8. The summed E-state index contributed by atoms with van der Waals surface area (Å²) in [7, 11) is 0. The van der Waals surface area contributed by atoms with Gasteiger partial charge >= 0.3 is 0 Å². The second-order valence-electron chi connectivity index (χ2n) is 12.7. The molecule has 4 aliphatic rings. The Morgan fingerprint density at radius 2 is 1.45 bits per heavy atom. The van der Waals surface area contributed by atoms with Crippen molar-refractivity contribution in [3.8, 4) is 6.07 Å². The van der Waals surface area contributed by atoms with E-state index in [1.54, 1.807) is 13.8 Å². The molecule has 0 bridgehead atoms. The third-order valence-electron chi connectivity index (χ3n) is 8.87. The highest BCUT2D eigenvalue weighted by Crippen LogP contribution is 2.42. The number of fused-ring (bicyclic) bond motifs is 2. The van der Waals surface area contributed by atoms with Crippen LogP contribution in [0, 0.1) is 11.3 Å². The topological polar surface area (TPSA) is 156 Å². The van der Waals surface area contributed by atoms with Gasteiger partial charge in [0.05, 0.1) is 25.9 Å². The molecule has 0 radical (unpaired) electrons. The van der Waals surface area contributed by atoms with Gasteiger partial charge in [0.2, 0.25) is 0 Å². The van der Waals surface area contributed by atoms with Gasteiger partial charge in [-0.15, -0.1) is 0 Å². The van der Waals surface area contributed by atoms with Crippen LogP contribution >= 0.6 is 0 Å². The first-order valence-corrected chi connectivity index (χ1v) is 16.3. The van der Waals surface area contributed by atoms with Crippen molar-refractivity contribution in [3.63, 3.8) is 0 Å². The van der Waals surface area contributed by atoms with Crippen molar-refractivity contribution in [2.75, 3.05) is 6.61 Å². The van der Waals surface area contributed by atoms with E-state index in [1.165, 1.54) is 0 Å². The molecule has 4 heterocycles. The molecular weight excluding hydrogens is 632 g/mol. The first kappa shape index (κ1) is 33.6. The maximum atomic E-state index is 10.3. The number of azide groups is 1. The van der Waals surface area contributed by atoms with Crippen LogP contribution in [0.2, 0.25) is 0 Å². The summed E-state index contributed by atoms with van der Waals surface area (Å²) in [5.74, 6) is -0.997. The lowest BCUT2D eigenvalue weighted by molar-refractivity contribution is -0.364. The summed E-state index contributed by atoms with van der Waals surface area (Å²) in [6.45, 7) is 4.09. The van der Waals surface area contributed by atoms with Crippen LogP contribution in [-0.4, -0.2) is 73.7 Å². The highest BCUT2D eigenvalue weighted by atomic mass is 16.8. The number of hydrogen-bond donors (Lipinski definition) is 0. The van der Waals surface area contributed by atoms with Crippen LogP contribution in [0.1, 0.15) is 36.8 Å². The predicted octanol–water partition coefficient (Wildman–Crippen LogP) is 5.46. The van der Waals surface area contributed by atoms with Crippen molar-refractivity contribution in [3.05, 3.63) is 118 Å². The maximum Gasteiger partial charge on any atom is 0.191 e. The van der Waals surface area contributed by atoms with Gasteiger partial charge in [-0.05, 0) is 30.5 Å². The molecule has 13 nitrogen and oxygen atoms in total. The Labute approximate surface area is 284 Å². The molecule has 0 aromatic heterocycles. The fraction of sp³-hybridized carbons (Fsp3) is 0.472. The van der Waals surface area contributed by atoms with Crippen molar-refractivity contribution >= 4 is 0 Å². The Kier molecular flexibility index (Phi) is 10.2. The van der Waals surface area contributed by atoms with E-state index in [9.17, 15) is 10.8 Å². The first-order valence-electron chi connectivity index (χ1n) is 16.3. The number of rotatable bonds is 10. The number of benzene rings is 3. The second-order valence-corrected chi connectivity index (χ2v) is 12.7. The maximum absolute atomic E-state index is 10.3. The molecule has 0 saturated carbocycles. The Morgan fingerprint density at radius 1 is 0.816 bits per heavy atom. The van der Waals surface area contributed by atoms with E-state index < -0.39 is 73.4 Å². The third-order valence-corrected chi connectivity index (χ3v) is 8.87. The Bertz CT molecular complexity index is 1620. The fourth-order valence-corrected chi connectivity index (χ4v) is 6.62. The van der Waals surface area contributed by atoms with Gasteiger partial charge < -0.3 is 42.6 Å². The molecule has 3 aromatic rings. The van der Waals surface area contributed by atoms with E-state index in [2.05, 4.69) is 16.1 Å². The van der Waals surface area contributed by atoms with Crippen LogP contribution < -0.4 is 0 Å². The Hall–Kier alpha value is -3.90. The summed E-state index contributed by atoms with van der Waals surface area (Å²) in [6, 6.07) is 30.0. The third kappa shape index (κ3) is 7.50. The lowest BCUT2D eigenvalue weighted by Crippen LogP contribution is -2.65. The summed E-state index contributed by atoms with van der Waals surface area (Å²) >= 11 is 0. The van der Waals surface area contributed by atoms with Gasteiger partial charge in [0.1, 0.15) is 42.7 Å². The molecule has 0 amide bonds. The Morgan fingerprint density at radius 3 is 2.08 bits per heavy atom. The average Bonchev–Trinajstić information content (AvgIpc) is 3.45. The molecule has 1 unspecified atom stereocenters. The summed E-state index contributed by atoms with van der Waals surface area (Å²) in [5.41, 5.74) is 12.5. The average molecular weight is 671 g/mol. The van der Waals surface area contributed by atoms with Crippen LogP contribution in [0.5, 0.6) is 0 Å². The van der Waals surface area contributed by atoms with Gasteiger partial charge in [0.25, 0.3) is 0 Å². The largest absolute Gasteiger partial charge is 0.370 e. The van der Waals surface area contributed by atoms with Crippen molar-refractivity contribution in [2.24, 2.45) is 5.11 Å². The molecule has 256 valence electrons. The van der Waals surface area contributed by atoms with Crippen LogP contribution in [0.25, 0.3) is 10.4 Å². The minimum atomic E-state index is -1.20. The van der Waals surface area contributed by atoms with Gasteiger partial charge in [-0.3, -0.25) is 0 Å². The fourth-order valence-electron chi connectivity index (χ4n) is 6.62. The van der Waals surface area contributed by atoms with E-state index in [1.807, 2.05) is 91.0 Å². The van der Waals surface area contributed by atoms with Gasteiger partial charge in [-0.1, -0.05) is 96.1 Å². The smallest absolute Gasteiger partial charge is 0.191 e. The van der Waals surface area contributed by atoms with Gasteiger partial charge in [0.15, 0.2) is 30.8 Å². The van der Waals surface area contributed by atoms with E-state index in [4.69, 9.17) is 42.6 Å². The van der Waals surface area contributed by atoms with Crippen molar-refractivity contribution in [1.82, 2.24) is 0 Å². The minimum Gasteiger partial charge on any atom is -0.370 e. The predicted molar refractivity (Wildman–Crippen MR) is 171 cm³/mol. The normalized spacial score (nSPS) is 34.9. The molecule has 4 saturated heterocycles. The summed E-state index contributed by atoms with van der Waals surface area (Å²) in [6.07, 6.45) is -8.68. The van der Waals surface area contributed by atoms with E-state index >= 15 is 0 Å². The molecule has 13 heteroatoms. The number of ether oxygens (including phenoxy) is 9. The summed E-state index contributed by atoms with van der Waals surface area (Å²) < 4.78 is 57.0. The highest BCUT2D eigenvalue weighted by molar-refractivity contribution is 5.18. The zero-order valence-corrected chi connectivity index (χ0v) is 27.1. The number of nitriles is 1. The molecule has 7 rings (SSSR count). The number of nitrogens with zero attached hydrogens (tertiary/aromatic N) is 4. The van der Waals surface area contributed by atoms with Gasteiger partial charge in [-0.25, -0.2) is 0 Å². The van der Waals surface area contributed by atoms with Crippen LogP contribution in [-0.2, 0) is 55.8 Å². The van der Waals surface area contributed by atoms with Gasteiger partial charge in [0, 0.05) is 10.5 Å². The highest BCUT2D eigenvalue weighted by Gasteiger charge is 2.58. The lowest BCUT2D eigenvalue weighted by Gasteiger charge is -2.49. The minimum absolute atomic E-state index is 0.144. The van der Waals surface area contributed by atoms with E-state index in [-0.39, 0.29) is 19.8 Å². The van der Waals surface area contributed by atoms with Crippen molar-refractivity contribution < 1.29 is 42.6 Å². The second kappa shape index (κ2) is 14.9. The summed E-state index contributed by atoms with van der Waals surface area (Å²) in [5, 5.41) is 14.4. The lowest BCUT2D eigenvalue weighted by atomic mass is 9.94. The molecule has 4 fully saturated rings. The molecule has 0 spiro atoms. The molecule has 3 aromatic carbocycles. The molecule has 49 heavy (non-hydrogen) atoms. The molecule has 0 aliphatic carbocycles. The van der Waals surface area contributed by atoms with Crippen molar-refractivity contribution in [2.45, 2.75) is 100 Å². The standard InChI is InChI=1S/C36H38N4O9/c1-36(2)48-32-31(42-20-23-14-8-4-9-15-23)28(25(18-37)44-35(32)49-36)47-34-27(39-40-38)30(41-19-22-12-6-3-7-13-22)29-26(45-34)21-43-33(46-29)24-16-10-5-11-17-24/h3-17,25-35H,19-21H2,1-2H3/t25-,26+,27+,28+,29+,30+,31-,32+,33?,34+,35+/m0/s1. The zero-order valence-electron chi connectivity index (χ0n) is 27.1. The summed E-state index contributed by atoms with van der Waals surface area (Å²) in [4.78, 5) is 3.16. The Balaban J connectivity index is 1.19. The quantitative estimate of drug-likeness (QED) is 0.154.